The molecule has 3 aromatic rings. The summed E-state index contributed by atoms with van der Waals surface area (Å²) < 4.78 is 0. The lowest BCUT2D eigenvalue weighted by molar-refractivity contribution is 1.15. The van der Waals surface area contributed by atoms with Crippen LogP contribution in [0.1, 0.15) is 27.8 Å². The molecule has 0 unspecified atom stereocenters. The van der Waals surface area contributed by atoms with E-state index in [1.165, 1.54) is 33.4 Å². The summed E-state index contributed by atoms with van der Waals surface area (Å²) in [6.07, 6.45) is 0.937. The first-order valence-corrected chi connectivity index (χ1v) is 8.04. The zero-order chi connectivity index (χ0) is 16.4. The molecule has 0 saturated heterocycles. The van der Waals surface area contributed by atoms with E-state index in [1.807, 2.05) is 0 Å². The second-order valence-electron chi connectivity index (χ2n) is 6.38. The Hall–Kier alpha value is -2.54. The summed E-state index contributed by atoms with van der Waals surface area (Å²) in [6.45, 7) is 6.32. The highest BCUT2D eigenvalue weighted by Crippen LogP contribution is 2.24. The number of rotatable bonds is 3. The third-order valence-corrected chi connectivity index (χ3v) is 4.43. The smallest absolute Gasteiger partial charge is 0.0346 e. The zero-order valence-corrected chi connectivity index (χ0v) is 14.1. The van der Waals surface area contributed by atoms with Crippen molar-refractivity contribution in [2.45, 2.75) is 27.2 Å². The van der Waals surface area contributed by atoms with Gasteiger partial charge in [-0.05, 0) is 66.6 Å². The van der Waals surface area contributed by atoms with Crippen LogP contribution < -0.4 is 5.73 Å². The molecule has 0 aliphatic rings. The second-order valence-corrected chi connectivity index (χ2v) is 6.38. The summed E-state index contributed by atoms with van der Waals surface area (Å²) in [5, 5.41) is 0. The quantitative estimate of drug-likeness (QED) is 0.639. The van der Waals surface area contributed by atoms with Gasteiger partial charge in [-0.15, -0.1) is 0 Å². The van der Waals surface area contributed by atoms with Gasteiger partial charge in [-0.2, -0.15) is 0 Å². The Labute approximate surface area is 138 Å². The minimum atomic E-state index is 0.875. The fourth-order valence-electron chi connectivity index (χ4n) is 2.92. The molecule has 116 valence electrons. The highest BCUT2D eigenvalue weighted by molar-refractivity contribution is 5.64. The van der Waals surface area contributed by atoms with Gasteiger partial charge < -0.3 is 5.73 Å². The van der Waals surface area contributed by atoms with Gasteiger partial charge in [0.25, 0.3) is 0 Å². The van der Waals surface area contributed by atoms with Crippen LogP contribution >= 0.6 is 0 Å². The van der Waals surface area contributed by atoms with Crippen molar-refractivity contribution in [3.63, 3.8) is 0 Å². The average molecular weight is 301 g/mol. The van der Waals surface area contributed by atoms with Crippen LogP contribution in [0.15, 0.2) is 60.7 Å². The molecular formula is C22H23N. The molecule has 3 aromatic carbocycles. The van der Waals surface area contributed by atoms with Crippen molar-refractivity contribution in [2.75, 3.05) is 5.73 Å². The van der Waals surface area contributed by atoms with Crippen molar-refractivity contribution in [3.8, 4) is 11.1 Å². The molecule has 0 amide bonds. The van der Waals surface area contributed by atoms with E-state index >= 15 is 0 Å². The largest absolute Gasteiger partial charge is 0.399 e. The van der Waals surface area contributed by atoms with E-state index in [0.29, 0.717) is 0 Å². The van der Waals surface area contributed by atoms with Gasteiger partial charge in [0, 0.05) is 5.69 Å². The molecule has 0 aliphatic carbocycles. The Bertz CT molecular complexity index is 829. The third-order valence-electron chi connectivity index (χ3n) is 4.43. The van der Waals surface area contributed by atoms with Gasteiger partial charge in [0.15, 0.2) is 0 Å². The Kier molecular flexibility index (Phi) is 4.20. The highest BCUT2D eigenvalue weighted by Gasteiger charge is 2.05. The Balaban J connectivity index is 1.91. The fourth-order valence-corrected chi connectivity index (χ4v) is 2.92. The predicted octanol–water partition coefficient (Wildman–Crippen LogP) is 5.45. The van der Waals surface area contributed by atoms with E-state index < -0.39 is 0 Å². The summed E-state index contributed by atoms with van der Waals surface area (Å²) in [7, 11) is 0. The molecule has 3 rings (SSSR count). The molecule has 0 aromatic heterocycles. The number of hydrogen-bond acceptors (Lipinski definition) is 1. The Morgan fingerprint density at radius 2 is 1.48 bits per heavy atom. The van der Waals surface area contributed by atoms with Crippen molar-refractivity contribution in [1.82, 2.24) is 0 Å². The minimum Gasteiger partial charge on any atom is -0.399 e. The summed E-state index contributed by atoms with van der Waals surface area (Å²) >= 11 is 0. The summed E-state index contributed by atoms with van der Waals surface area (Å²) in [4.78, 5) is 0. The highest BCUT2D eigenvalue weighted by atomic mass is 14.6. The molecule has 0 heterocycles. The van der Waals surface area contributed by atoms with Crippen molar-refractivity contribution in [2.24, 2.45) is 0 Å². The van der Waals surface area contributed by atoms with Gasteiger partial charge in [0.2, 0.25) is 0 Å². The predicted molar refractivity (Wildman–Crippen MR) is 99.7 cm³/mol. The number of nitrogens with two attached hydrogens (primary N) is 1. The fraction of sp³-hybridized carbons (Fsp3) is 0.182. The van der Waals surface area contributed by atoms with E-state index in [0.717, 1.165) is 17.7 Å². The van der Waals surface area contributed by atoms with Crippen molar-refractivity contribution < 1.29 is 0 Å². The first-order chi connectivity index (χ1) is 11.0. The maximum atomic E-state index is 6.00. The first kappa shape index (κ1) is 15.4. The third kappa shape index (κ3) is 3.45. The molecule has 23 heavy (non-hydrogen) atoms. The maximum Gasteiger partial charge on any atom is 0.0346 e. The van der Waals surface area contributed by atoms with E-state index in [1.54, 1.807) is 0 Å². The van der Waals surface area contributed by atoms with E-state index in [2.05, 4.69) is 81.4 Å². The number of nitrogen functional groups attached to an aromatic ring is 1. The topological polar surface area (TPSA) is 26.0 Å². The van der Waals surface area contributed by atoms with Gasteiger partial charge in [-0.3, -0.25) is 0 Å². The van der Waals surface area contributed by atoms with Crippen LogP contribution in [0, 0.1) is 20.8 Å². The van der Waals surface area contributed by atoms with Crippen molar-refractivity contribution in [3.05, 3.63) is 88.5 Å². The lowest BCUT2D eigenvalue weighted by atomic mass is 9.95. The number of aryl methyl sites for hydroxylation is 3. The zero-order valence-electron chi connectivity index (χ0n) is 14.1. The van der Waals surface area contributed by atoms with Gasteiger partial charge in [-0.1, -0.05) is 60.2 Å². The molecule has 0 radical (unpaired) electrons. The molecule has 0 bridgehead atoms. The van der Waals surface area contributed by atoms with Gasteiger partial charge in [0.05, 0.1) is 0 Å². The number of anilines is 1. The molecule has 1 heteroatoms. The average Bonchev–Trinajstić information content (AvgIpc) is 2.53. The van der Waals surface area contributed by atoms with Crippen LogP contribution in [-0.4, -0.2) is 0 Å². The molecule has 2 N–H and O–H groups in total. The lowest BCUT2D eigenvalue weighted by Crippen LogP contribution is -1.97. The SMILES string of the molecule is Cc1ccc(-c2cccc(Cc3cc(C)c(N)cc3C)c2)cc1. The Morgan fingerprint density at radius 3 is 2.22 bits per heavy atom. The van der Waals surface area contributed by atoms with Crippen LogP contribution in [0.2, 0.25) is 0 Å². The normalized spacial score (nSPS) is 10.7. The second kappa shape index (κ2) is 6.29. The number of benzene rings is 3. The summed E-state index contributed by atoms with van der Waals surface area (Å²) in [5.74, 6) is 0. The van der Waals surface area contributed by atoms with Crippen molar-refractivity contribution >= 4 is 5.69 Å². The minimum absolute atomic E-state index is 0.875. The van der Waals surface area contributed by atoms with E-state index in [-0.39, 0.29) is 0 Å². The number of hydrogen-bond donors (Lipinski definition) is 1. The van der Waals surface area contributed by atoms with Crippen LogP contribution in [-0.2, 0) is 6.42 Å². The maximum absolute atomic E-state index is 6.00. The molecule has 0 aliphatic heterocycles. The van der Waals surface area contributed by atoms with Crippen LogP contribution in [0.3, 0.4) is 0 Å². The van der Waals surface area contributed by atoms with Gasteiger partial charge >= 0.3 is 0 Å². The van der Waals surface area contributed by atoms with Crippen LogP contribution in [0.25, 0.3) is 11.1 Å². The first-order valence-electron chi connectivity index (χ1n) is 8.04. The van der Waals surface area contributed by atoms with Crippen molar-refractivity contribution in [1.29, 1.82) is 0 Å². The van der Waals surface area contributed by atoms with Crippen LogP contribution in [0.4, 0.5) is 5.69 Å². The summed E-state index contributed by atoms with van der Waals surface area (Å²) in [6, 6.07) is 21.8. The van der Waals surface area contributed by atoms with Crippen LogP contribution in [0.5, 0.6) is 0 Å². The van der Waals surface area contributed by atoms with Gasteiger partial charge in [-0.25, -0.2) is 0 Å². The van der Waals surface area contributed by atoms with Gasteiger partial charge in [0.1, 0.15) is 0 Å². The molecule has 0 atom stereocenters. The molecule has 0 spiro atoms. The Morgan fingerprint density at radius 1 is 0.739 bits per heavy atom. The van der Waals surface area contributed by atoms with E-state index in [9.17, 15) is 0 Å². The lowest BCUT2D eigenvalue weighted by Gasteiger charge is -2.11. The standard InChI is InChI=1S/C22H23N/c1-15-7-9-19(10-8-15)20-6-4-5-18(13-20)14-21-11-17(3)22(23)12-16(21)2/h4-13H,14,23H2,1-3H3. The monoisotopic (exact) mass is 301 g/mol. The van der Waals surface area contributed by atoms with E-state index in [4.69, 9.17) is 5.73 Å². The molecule has 0 fully saturated rings. The molecular weight excluding hydrogens is 278 g/mol. The molecule has 0 saturated carbocycles. The summed E-state index contributed by atoms with van der Waals surface area (Å²) in [5.41, 5.74) is 15.8. The molecule has 1 nitrogen and oxygen atoms in total.